The summed E-state index contributed by atoms with van der Waals surface area (Å²) in [5.41, 5.74) is -1.23. The first kappa shape index (κ1) is 15.4. The highest BCUT2D eigenvalue weighted by molar-refractivity contribution is 5.83. The molecule has 6 heteroatoms. The number of esters is 1. The van der Waals surface area contributed by atoms with Crippen LogP contribution >= 0.6 is 0 Å². The highest BCUT2D eigenvalue weighted by Gasteiger charge is 2.60. The van der Waals surface area contributed by atoms with E-state index in [1.54, 1.807) is 4.90 Å². The Bertz CT molecular complexity index is 499. The normalized spacial score (nSPS) is 41.9. The van der Waals surface area contributed by atoms with Crippen molar-refractivity contribution in [2.24, 2.45) is 17.3 Å². The third-order valence-corrected chi connectivity index (χ3v) is 6.15. The van der Waals surface area contributed by atoms with Crippen LogP contribution in [0.5, 0.6) is 0 Å². The first-order valence-corrected chi connectivity index (χ1v) is 8.73. The molecule has 5 rings (SSSR count). The second kappa shape index (κ2) is 5.45. The van der Waals surface area contributed by atoms with Gasteiger partial charge in [-0.3, -0.25) is 9.59 Å². The van der Waals surface area contributed by atoms with Gasteiger partial charge in [0.05, 0.1) is 24.2 Å². The molecule has 1 aliphatic heterocycles. The maximum absolute atomic E-state index is 12.7. The van der Waals surface area contributed by atoms with Gasteiger partial charge in [-0.25, -0.2) is 0 Å². The van der Waals surface area contributed by atoms with Crippen LogP contribution in [0.15, 0.2) is 0 Å². The monoisotopic (exact) mass is 323 g/mol. The molecular formula is C17H25NO5. The van der Waals surface area contributed by atoms with E-state index in [-0.39, 0.29) is 18.5 Å². The van der Waals surface area contributed by atoms with Gasteiger partial charge in [-0.2, -0.15) is 0 Å². The minimum absolute atomic E-state index is 0.148. The fourth-order valence-electron chi connectivity index (χ4n) is 5.64. The van der Waals surface area contributed by atoms with E-state index < -0.39 is 11.0 Å². The van der Waals surface area contributed by atoms with E-state index in [4.69, 9.17) is 9.47 Å². The predicted molar refractivity (Wildman–Crippen MR) is 80.4 cm³/mol. The lowest BCUT2D eigenvalue weighted by atomic mass is 9.48. The van der Waals surface area contributed by atoms with Gasteiger partial charge >= 0.3 is 5.97 Å². The summed E-state index contributed by atoms with van der Waals surface area (Å²) in [6.45, 7) is 2.02. The number of hydrogen-bond donors (Lipinski definition) is 1. The summed E-state index contributed by atoms with van der Waals surface area (Å²) in [7, 11) is 0. The number of aliphatic hydroxyl groups is 1. The van der Waals surface area contributed by atoms with Gasteiger partial charge in [0.25, 0.3) is 5.91 Å². The van der Waals surface area contributed by atoms with E-state index >= 15 is 0 Å². The minimum Gasteiger partial charge on any atom is -0.455 e. The highest BCUT2D eigenvalue weighted by Crippen LogP contribution is 2.61. The second-order valence-electron chi connectivity index (χ2n) is 8.03. The summed E-state index contributed by atoms with van der Waals surface area (Å²) in [5, 5.41) is 10.7. The van der Waals surface area contributed by atoms with E-state index in [2.05, 4.69) is 0 Å². The van der Waals surface area contributed by atoms with Crippen molar-refractivity contribution in [3.05, 3.63) is 0 Å². The number of ether oxygens (including phenoxy) is 2. The van der Waals surface area contributed by atoms with Crippen LogP contribution in [0.1, 0.15) is 38.5 Å². The van der Waals surface area contributed by atoms with Crippen molar-refractivity contribution in [3.63, 3.8) is 0 Å². The molecule has 4 atom stereocenters. The van der Waals surface area contributed by atoms with E-state index in [0.717, 1.165) is 32.1 Å². The zero-order valence-corrected chi connectivity index (χ0v) is 13.5. The van der Waals surface area contributed by atoms with Crippen LogP contribution in [0.25, 0.3) is 0 Å². The van der Waals surface area contributed by atoms with E-state index in [9.17, 15) is 14.7 Å². The Balaban J connectivity index is 1.38. The van der Waals surface area contributed by atoms with Crippen LogP contribution in [0.4, 0.5) is 0 Å². The van der Waals surface area contributed by atoms with Crippen molar-refractivity contribution < 1.29 is 24.2 Å². The summed E-state index contributed by atoms with van der Waals surface area (Å²) in [4.78, 5) is 26.5. The fraction of sp³-hybridized carbons (Fsp3) is 0.882. The Morgan fingerprint density at radius 1 is 1.13 bits per heavy atom. The summed E-state index contributed by atoms with van der Waals surface area (Å²) >= 11 is 0. The van der Waals surface area contributed by atoms with Gasteiger partial charge in [0.1, 0.15) is 0 Å². The molecule has 5 fully saturated rings. The molecule has 4 saturated carbocycles. The molecular weight excluding hydrogens is 298 g/mol. The SMILES string of the molecule is O=C(COC(=O)C12C[C@@H]3C[C@@H](CC(O)(C3)C1)C2)N1CCOCC1. The Kier molecular flexibility index (Phi) is 3.65. The smallest absolute Gasteiger partial charge is 0.312 e. The zero-order valence-electron chi connectivity index (χ0n) is 13.5. The van der Waals surface area contributed by atoms with Crippen molar-refractivity contribution in [1.82, 2.24) is 4.90 Å². The largest absolute Gasteiger partial charge is 0.455 e. The molecule has 4 aliphatic carbocycles. The third-order valence-electron chi connectivity index (χ3n) is 6.15. The molecule has 1 saturated heterocycles. The Morgan fingerprint density at radius 3 is 2.39 bits per heavy atom. The van der Waals surface area contributed by atoms with Crippen molar-refractivity contribution in [3.8, 4) is 0 Å². The third kappa shape index (κ3) is 2.76. The molecule has 1 heterocycles. The van der Waals surface area contributed by atoms with Gasteiger partial charge in [0.15, 0.2) is 6.61 Å². The molecule has 1 N–H and O–H groups in total. The maximum atomic E-state index is 12.7. The average Bonchev–Trinajstić information content (AvgIpc) is 2.50. The van der Waals surface area contributed by atoms with Gasteiger partial charge < -0.3 is 19.5 Å². The van der Waals surface area contributed by atoms with Crippen LogP contribution in [0.3, 0.4) is 0 Å². The van der Waals surface area contributed by atoms with Gasteiger partial charge in [0.2, 0.25) is 0 Å². The molecule has 5 aliphatic rings. The topological polar surface area (TPSA) is 76.1 Å². The van der Waals surface area contributed by atoms with Crippen LogP contribution < -0.4 is 0 Å². The molecule has 2 unspecified atom stereocenters. The Labute approximate surface area is 136 Å². The molecule has 0 aromatic rings. The minimum atomic E-state index is -0.683. The quantitative estimate of drug-likeness (QED) is 0.775. The second-order valence-corrected chi connectivity index (χ2v) is 8.03. The number of amides is 1. The molecule has 4 bridgehead atoms. The van der Waals surface area contributed by atoms with Crippen molar-refractivity contribution in [1.29, 1.82) is 0 Å². The van der Waals surface area contributed by atoms with Crippen LogP contribution in [0, 0.1) is 17.3 Å². The molecule has 0 radical (unpaired) electrons. The molecule has 128 valence electrons. The Morgan fingerprint density at radius 2 is 1.78 bits per heavy atom. The lowest BCUT2D eigenvalue weighted by molar-refractivity contribution is -0.197. The molecule has 0 aromatic carbocycles. The Hall–Kier alpha value is -1.14. The van der Waals surface area contributed by atoms with E-state index in [1.807, 2.05) is 0 Å². The predicted octanol–water partition coefficient (Wildman–Crippen LogP) is 0.720. The lowest BCUT2D eigenvalue weighted by Gasteiger charge is -2.58. The lowest BCUT2D eigenvalue weighted by Crippen LogP contribution is -2.58. The summed E-state index contributed by atoms with van der Waals surface area (Å²) in [6, 6.07) is 0. The number of carbonyl (C=O) groups excluding carboxylic acids is 2. The van der Waals surface area contributed by atoms with E-state index in [1.165, 1.54) is 0 Å². The van der Waals surface area contributed by atoms with Crippen molar-refractivity contribution in [2.45, 2.75) is 44.1 Å². The van der Waals surface area contributed by atoms with Gasteiger partial charge in [0, 0.05) is 13.1 Å². The highest BCUT2D eigenvalue weighted by atomic mass is 16.5. The van der Waals surface area contributed by atoms with Crippen molar-refractivity contribution in [2.75, 3.05) is 32.9 Å². The molecule has 6 nitrogen and oxygen atoms in total. The molecule has 0 aromatic heterocycles. The number of carbonyl (C=O) groups is 2. The van der Waals surface area contributed by atoms with E-state index in [0.29, 0.717) is 44.6 Å². The molecule has 1 amide bonds. The van der Waals surface area contributed by atoms with Gasteiger partial charge in [-0.15, -0.1) is 0 Å². The molecule has 23 heavy (non-hydrogen) atoms. The summed E-state index contributed by atoms with van der Waals surface area (Å²) in [6.07, 6.45) is 4.92. The van der Waals surface area contributed by atoms with Crippen molar-refractivity contribution >= 4 is 11.9 Å². The van der Waals surface area contributed by atoms with Gasteiger partial charge in [-0.05, 0) is 50.4 Å². The number of hydrogen-bond acceptors (Lipinski definition) is 5. The van der Waals surface area contributed by atoms with Crippen LogP contribution in [-0.4, -0.2) is 60.4 Å². The van der Waals surface area contributed by atoms with Crippen LogP contribution in [-0.2, 0) is 19.1 Å². The first-order chi connectivity index (χ1) is 11.0. The zero-order chi connectivity index (χ0) is 16.1. The summed E-state index contributed by atoms with van der Waals surface area (Å²) in [5.74, 6) is 0.448. The number of morpholine rings is 1. The van der Waals surface area contributed by atoms with Gasteiger partial charge in [-0.1, -0.05) is 0 Å². The average molecular weight is 323 g/mol. The standard InChI is InChI=1S/C17H25NO5/c19-14(18-1-3-22-4-2-18)10-23-15(20)16-6-12-5-13(7-16)9-17(21,8-12)11-16/h12-13,21H,1-11H2/t12-,13+,16?,17?. The number of rotatable bonds is 3. The maximum Gasteiger partial charge on any atom is 0.312 e. The number of nitrogens with zero attached hydrogens (tertiary/aromatic N) is 1. The summed E-state index contributed by atoms with van der Waals surface area (Å²) < 4.78 is 10.6. The first-order valence-electron chi connectivity index (χ1n) is 8.73. The fourth-order valence-corrected chi connectivity index (χ4v) is 5.64. The van der Waals surface area contributed by atoms with Crippen LogP contribution in [0.2, 0.25) is 0 Å². The molecule has 0 spiro atoms.